The van der Waals surface area contributed by atoms with Crippen LogP contribution in [0.15, 0.2) is 29.6 Å². The molecule has 2 heterocycles. The number of aryl methyl sites for hydroxylation is 1. The zero-order valence-electron chi connectivity index (χ0n) is 13.0. The van der Waals surface area contributed by atoms with Gasteiger partial charge in [0.2, 0.25) is 0 Å². The van der Waals surface area contributed by atoms with Crippen molar-refractivity contribution in [3.8, 4) is 0 Å². The van der Waals surface area contributed by atoms with E-state index in [1.165, 1.54) is 12.1 Å². The molecule has 0 saturated carbocycles. The van der Waals surface area contributed by atoms with Gasteiger partial charge in [0, 0.05) is 43.8 Å². The van der Waals surface area contributed by atoms with Crippen LogP contribution in [-0.4, -0.2) is 47.0 Å². The fourth-order valence-electron chi connectivity index (χ4n) is 2.55. The summed E-state index contributed by atoms with van der Waals surface area (Å²) in [4.78, 5) is 20.8. The molecule has 3 rings (SSSR count). The molecular formula is C16H19FN4OS. The molecule has 1 aliphatic rings. The molecule has 0 aliphatic carbocycles. The van der Waals surface area contributed by atoms with Crippen molar-refractivity contribution < 1.29 is 9.18 Å². The molecule has 1 saturated heterocycles. The number of urea groups is 1. The Morgan fingerprint density at radius 3 is 2.57 bits per heavy atom. The number of piperazine rings is 1. The molecule has 23 heavy (non-hydrogen) atoms. The average Bonchev–Trinajstić information content (AvgIpc) is 2.95. The van der Waals surface area contributed by atoms with E-state index in [-0.39, 0.29) is 11.8 Å². The van der Waals surface area contributed by atoms with Crippen molar-refractivity contribution in [3.05, 3.63) is 46.2 Å². The van der Waals surface area contributed by atoms with Crippen molar-refractivity contribution in [1.82, 2.24) is 14.8 Å². The van der Waals surface area contributed by atoms with Gasteiger partial charge in [0.1, 0.15) is 5.82 Å². The molecule has 0 radical (unpaired) electrons. The van der Waals surface area contributed by atoms with Crippen LogP contribution in [0.5, 0.6) is 0 Å². The van der Waals surface area contributed by atoms with Crippen LogP contribution in [0.3, 0.4) is 0 Å². The summed E-state index contributed by atoms with van der Waals surface area (Å²) in [6.07, 6.45) is 0. The van der Waals surface area contributed by atoms with Gasteiger partial charge in [-0.1, -0.05) is 0 Å². The molecule has 1 N–H and O–H groups in total. The highest BCUT2D eigenvalue weighted by Crippen LogP contribution is 2.14. The summed E-state index contributed by atoms with van der Waals surface area (Å²) >= 11 is 1.66. The van der Waals surface area contributed by atoms with E-state index in [1.807, 2.05) is 6.92 Å². The Morgan fingerprint density at radius 2 is 1.96 bits per heavy atom. The Balaban J connectivity index is 1.48. The minimum Gasteiger partial charge on any atom is -0.322 e. The number of benzene rings is 1. The predicted molar refractivity (Wildman–Crippen MR) is 89.1 cm³/mol. The third-order valence-corrected chi connectivity index (χ3v) is 4.63. The molecule has 0 spiro atoms. The van der Waals surface area contributed by atoms with Gasteiger partial charge in [-0.15, -0.1) is 11.3 Å². The number of hydrogen-bond donors (Lipinski definition) is 1. The number of nitrogens with zero attached hydrogens (tertiary/aromatic N) is 3. The first-order valence-electron chi connectivity index (χ1n) is 7.55. The largest absolute Gasteiger partial charge is 0.322 e. The second-order valence-electron chi connectivity index (χ2n) is 5.56. The zero-order chi connectivity index (χ0) is 16.2. The second kappa shape index (κ2) is 7.06. The van der Waals surface area contributed by atoms with Gasteiger partial charge in [-0.25, -0.2) is 14.2 Å². The number of carbonyl (C=O) groups is 1. The van der Waals surface area contributed by atoms with Gasteiger partial charge < -0.3 is 10.2 Å². The first kappa shape index (κ1) is 15.9. The van der Waals surface area contributed by atoms with Crippen LogP contribution in [0.25, 0.3) is 0 Å². The van der Waals surface area contributed by atoms with Gasteiger partial charge >= 0.3 is 6.03 Å². The highest BCUT2D eigenvalue weighted by Gasteiger charge is 2.21. The number of amides is 2. The van der Waals surface area contributed by atoms with E-state index in [0.29, 0.717) is 18.8 Å². The lowest BCUT2D eigenvalue weighted by Crippen LogP contribution is -2.49. The van der Waals surface area contributed by atoms with E-state index in [2.05, 4.69) is 20.6 Å². The molecule has 2 amide bonds. The summed E-state index contributed by atoms with van der Waals surface area (Å²) in [6.45, 7) is 5.84. The molecule has 122 valence electrons. The Hall–Kier alpha value is -1.99. The SMILES string of the molecule is Cc1nc(CN2CCN(C(=O)Nc3ccc(F)cc3)CC2)cs1. The van der Waals surface area contributed by atoms with Gasteiger partial charge in [-0.2, -0.15) is 0 Å². The first-order chi connectivity index (χ1) is 11.1. The maximum absolute atomic E-state index is 12.9. The zero-order valence-corrected chi connectivity index (χ0v) is 13.8. The normalized spacial score (nSPS) is 15.7. The summed E-state index contributed by atoms with van der Waals surface area (Å²) < 4.78 is 12.9. The summed E-state index contributed by atoms with van der Waals surface area (Å²) in [5, 5.41) is 5.96. The molecular weight excluding hydrogens is 315 g/mol. The Kier molecular flexibility index (Phi) is 4.88. The average molecular weight is 334 g/mol. The van der Waals surface area contributed by atoms with E-state index in [1.54, 1.807) is 28.4 Å². The van der Waals surface area contributed by atoms with E-state index >= 15 is 0 Å². The first-order valence-corrected chi connectivity index (χ1v) is 8.43. The van der Waals surface area contributed by atoms with Crippen molar-refractivity contribution in [3.63, 3.8) is 0 Å². The Morgan fingerprint density at radius 1 is 1.26 bits per heavy atom. The van der Waals surface area contributed by atoms with Crippen LogP contribution < -0.4 is 5.32 Å². The second-order valence-corrected chi connectivity index (χ2v) is 6.62. The lowest BCUT2D eigenvalue weighted by molar-refractivity contribution is 0.142. The number of hydrogen-bond acceptors (Lipinski definition) is 4. The van der Waals surface area contributed by atoms with Crippen molar-refractivity contribution in [2.45, 2.75) is 13.5 Å². The summed E-state index contributed by atoms with van der Waals surface area (Å²) in [5.74, 6) is -0.311. The molecule has 0 bridgehead atoms. The van der Waals surface area contributed by atoms with Crippen LogP contribution in [0.2, 0.25) is 0 Å². The maximum atomic E-state index is 12.9. The monoisotopic (exact) mass is 334 g/mol. The van der Waals surface area contributed by atoms with Gasteiger partial charge in [0.25, 0.3) is 0 Å². The summed E-state index contributed by atoms with van der Waals surface area (Å²) in [5.41, 5.74) is 1.70. The highest BCUT2D eigenvalue weighted by atomic mass is 32.1. The van der Waals surface area contributed by atoms with Gasteiger partial charge in [-0.3, -0.25) is 4.90 Å². The third-order valence-electron chi connectivity index (χ3n) is 3.81. The van der Waals surface area contributed by atoms with Crippen LogP contribution in [0.4, 0.5) is 14.9 Å². The minimum atomic E-state index is -0.311. The molecule has 2 aromatic rings. The van der Waals surface area contributed by atoms with Crippen molar-refractivity contribution in [2.75, 3.05) is 31.5 Å². The topological polar surface area (TPSA) is 48.5 Å². The number of rotatable bonds is 3. The fourth-order valence-corrected chi connectivity index (χ4v) is 3.16. The lowest BCUT2D eigenvalue weighted by atomic mass is 10.3. The van der Waals surface area contributed by atoms with E-state index in [9.17, 15) is 9.18 Å². The van der Waals surface area contributed by atoms with Crippen molar-refractivity contribution in [2.24, 2.45) is 0 Å². The molecule has 1 aromatic heterocycles. The van der Waals surface area contributed by atoms with E-state index in [4.69, 9.17) is 0 Å². The quantitative estimate of drug-likeness (QED) is 0.939. The number of aromatic nitrogens is 1. The maximum Gasteiger partial charge on any atom is 0.321 e. The third kappa shape index (κ3) is 4.27. The van der Waals surface area contributed by atoms with E-state index in [0.717, 1.165) is 30.3 Å². The van der Waals surface area contributed by atoms with Gasteiger partial charge in [0.05, 0.1) is 10.7 Å². The molecule has 1 aliphatic heterocycles. The van der Waals surface area contributed by atoms with Crippen LogP contribution in [-0.2, 0) is 6.54 Å². The number of nitrogens with one attached hydrogen (secondary N) is 1. The highest BCUT2D eigenvalue weighted by molar-refractivity contribution is 7.09. The predicted octanol–water partition coefficient (Wildman–Crippen LogP) is 2.94. The number of carbonyl (C=O) groups excluding carboxylic acids is 1. The minimum absolute atomic E-state index is 0.138. The fraction of sp³-hybridized carbons (Fsp3) is 0.375. The molecule has 5 nitrogen and oxygen atoms in total. The molecule has 7 heteroatoms. The summed E-state index contributed by atoms with van der Waals surface area (Å²) in [7, 11) is 0. The van der Waals surface area contributed by atoms with Gasteiger partial charge in [-0.05, 0) is 31.2 Å². The molecule has 1 fully saturated rings. The Labute approximate surface area is 138 Å². The summed E-state index contributed by atoms with van der Waals surface area (Å²) in [6, 6.07) is 5.66. The standard InChI is InChI=1S/C16H19FN4OS/c1-12-18-15(11-23-12)10-20-6-8-21(9-7-20)16(22)19-14-4-2-13(17)3-5-14/h2-5,11H,6-10H2,1H3,(H,19,22). The van der Waals surface area contributed by atoms with Crippen LogP contribution in [0.1, 0.15) is 10.7 Å². The van der Waals surface area contributed by atoms with E-state index < -0.39 is 0 Å². The van der Waals surface area contributed by atoms with Crippen LogP contribution in [0, 0.1) is 12.7 Å². The van der Waals surface area contributed by atoms with Gasteiger partial charge in [0.15, 0.2) is 0 Å². The smallest absolute Gasteiger partial charge is 0.321 e. The molecule has 0 unspecified atom stereocenters. The number of halogens is 1. The number of anilines is 1. The van der Waals surface area contributed by atoms with Crippen LogP contribution >= 0.6 is 11.3 Å². The Bertz CT molecular complexity index is 665. The van der Waals surface area contributed by atoms with Crippen molar-refractivity contribution >= 4 is 23.1 Å². The molecule has 0 atom stereocenters. The molecule has 1 aromatic carbocycles. The lowest BCUT2D eigenvalue weighted by Gasteiger charge is -2.34. The number of thiazole rings is 1. The van der Waals surface area contributed by atoms with Crippen molar-refractivity contribution in [1.29, 1.82) is 0 Å².